The highest BCUT2D eigenvalue weighted by atomic mass is 35.5. The van der Waals surface area contributed by atoms with Crippen LogP contribution in [0.5, 0.6) is 0 Å². The molecule has 2 aromatic carbocycles. The van der Waals surface area contributed by atoms with Crippen molar-refractivity contribution in [3.05, 3.63) is 99.7 Å². The average molecular weight is 553 g/mol. The first-order valence-electron chi connectivity index (χ1n) is 13.2. The summed E-state index contributed by atoms with van der Waals surface area (Å²) in [4.78, 5) is 13.8. The van der Waals surface area contributed by atoms with E-state index in [0.717, 1.165) is 22.5 Å². The number of aromatic nitrogens is 3. The first-order valence-corrected chi connectivity index (χ1v) is 13.6. The highest BCUT2D eigenvalue weighted by Gasteiger charge is 2.39. The number of hydrogen-bond acceptors (Lipinski definition) is 6. The molecule has 6 rings (SSSR count). The van der Waals surface area contributed by atoms with E-state index in [9.17, 15) is 4.79 Å². The molecular formula is C32H29ClN4O3. The predicted molar refractivity (Wildman–Crippen MR) is 157 cm³/mol. The molecule has 8 heteroatoms. The van der Waals surface area contributed by atoms with Crippen LogP contribution < -0.4 is 5.32 Å². The van der Waals surface area contributed by atoms with E-state index in [-0.39, 0.29) is 11.2 Å². The van der Waals surface area contributed by atoms with Gasteiger partial charge in [-0.25, -0.2) is 0 Å². The van der Waals surface area contributed by atoms with Crippen molar-refractivity contribution < 1.29 is 13.8 Å². The van der Waals surface area contributed by atoms with Gasteiger partial charge >= 0.3 is 0 Å². The second-order valence-corrected chi connectivity index (χ2v) is 11.4. The molecule has 40 heavy (non-hydrogen) atoms. The Kier molecular flexibility index (Phi) is 6.47. The molecule has 0 amide bonds. The van der Waals surface area contributed by atoms with Crippen LogP contribution in [0.3, 0.4) is 0 Å². The van der Waals surface area contributed by atoms with Gasteiger partial charge in [0, 0.05) is 28.8 Å². The molecule has 1 aliphatic carbocycles. The Morgan fingerprint density at radius 3 is 2.42 bits per heavy atom. The smallest absolute Gasteiger partial charge is 0.183 e. The normalized spacial score (nSPS) is 14.6. The molecule has 1 N–H and O–H groups in total. The Morgan fingerprint density at radius 2 is 1.70 bits per heavy atom. The van der Waals surface area contributed by atoms with Gasteiger partial charge in [0.05, 0.1) is 16.9 Å². The van der Waals surface area contributed by atoms with E-state index in [1.807, 2.05) is 86.7 Å². The number of hydrogen-bond donors (Lipinski definition) is 1. The number of rotatable bonds is 6. The van der Waals surface area contributed by atoms with Gasteiger partial charge in [0.25, 0.3) is 0 Å². The van der Waals surface area contributed by atoms with E-state index in [2.05, 4.69) is 34.0 Å². The van der Waals surface area contributed by atoms with Crippen LogP contribution in [0.15, 0.2) is 69.7 Å². The number of carbonyl (C=O) groups excluding carboxylic acids is 1. The Morgan fingerprint density at radius 1 is 0.950 bits per heavy atom. The second-order valence-electron chi connectivity index (χ2n) is 11.0. The molecule has 5 aromatic rings. The van der Waals surface area contributed by atoms with E-state index < -0.39 is 0 Å². The fourth-order valence-corrected chi connectivity index (χ4v) is 5.58. The van der Waals surface area contributed by atoms with Crippen LogP contribution in [0.2, 0.25) is 5.02 Å². The summed E-state index contributed by atoms with van der Waals surface area (Å²) in [5.74, 6) is 1.92. The Hall–Kier alpha value is -4.36. The standard InChI is InChI=1S/C32H29ClN4O3/c1-19-16-27(36-39-19)37-24-17-32(3,4)18-25(38)28(24)30(31(37)22-11-6-5-7-12-22)34-29-20(2)35-40-26(29)15-14-21-10-8-9-13-23(21)33/h5-16,34H,17-18H2,1-4H3/b15-14+. The van der Waals surface area contributed by atoms with Crippen LogP contribution in [0.1, 0.15) is 59.1 Å². The molecule has 0 spiro atoms. The van der Waals surface area contributed by atoms with Gasteiger partial charge in [-0.05, 0) is 49.5 Å². The number of carbonyl (C=O) groups is 1. The van der Waals surface area contributed by atoms with Crippen molar-refractivity contribution >= 4 is 40.9 Å². The first-order chi connectivity index (χ1) is 19.2. The summed E-state index contributed by atoms with van der Waals surface area (Å²) in [6.45, 7) is 7.98. The average Bonchev–Trinajstić information content (AvgIpc) is 3.59. The molecular weight excluding hydrogens is 524 g/mol. The zero-order valence-corrected chi connectivity index (χ0v) is 23.5. The Bertz CT molecular complexity index is 1760. The minimum atomic E-state index is -0.208. The van der Waals surface area contributed by atoms with Crippen LogP contribution in [-0.4, -0.2) is 20.7 Å². The number of ketones is 1. The molecule has 3 heterocycles. The van der Waals surface area contributed by atoms with Gasteiger partial charge in [-0.1, -0.05) is 84.3 Å². The van der Waals surface area contributed by atoms with E-state index in [1.165, 1.54) is 0 Å². The number of Topliss-reactive ketones (excluding diaryl/α,β-unsaturated/α-hetero) is 1. The van der Waals surface area contributed by atoms with Crippen molar-refractivity contribution in [3.63, 3.8) is 0 Å². The molecule has 3 aromatic heterocycles. The summed E-state index contributed by atoms with van der Waals surface area (Å²) >= 11 is 6.37. The summed E-state index contributed by atoms with van der Waals surface area (Å²) < 4.78 is 13.3. The van der Waals surface area contributed by atoms with Gasteiger partial charge in [-0.15, -0.1) is 0 Å². The highest BCUT2D eigenvalue weighted by Crippen LogP contribution is 2.47. The quantitative estimate of drug-likeness (QED) is 0.227. The topological polar surface area (TPSA) is 86.1 Å². The molecule has 7 nitrogen and oxygen atoms in total. The lowest BCUT2D eigenvalue weighted by atomic mass is 9.76. The van der Waals surface area contributed by atoms with Crippen molar-refractivity contribution in [2.75, 3.05) is 5.32 Å². The zero-order chi connectivity index (χ0) is 28.0. The minimum absolute atomic E-state index is 0.0761. The second kappa shape index (κ2) is 9.99. The van der Waals surface area contributed by atoms with Gasteiger partial charge in [0.1, 0.15) is 17.1 Å². The van der Waals surface area contributed by atoms with Gasteiger partial charge in [-0.2, -0.15) is 0 Å². The highest BCUT2D eigenvalue weighted by molar-refractivity contribution is 6.32. The number of aryl methyl sites for hydroxylation is 2. The Balaban J connectivity index is 1.57. The number of nitrogens with zero attached hydrogens (tertiary/aromatic N) is 3. The number of fused-ring (bicyclic) bond motifs is 1. The van der Waals surface area contributed by atoms with Crippen molar-refractivity contribution in [3.8, 4) is 17.1 Å². The fraction of sp³-hybridized carbons (Fsp3) is 0.219. The number of benzene rings is 2. The lowest BCUT2D eigenvalue weighted by Crippen LogP contribution is -2.28. The van der Waals surface area contributed by atoms with Crippen molar-refractivity contribution in [1.29, 1.82) is 0 Å². The molecule has 0 bridgehead atoms. The number of nitrogens with one attached hydrogen (secondary N) is 1. The number of halogens is 1. The third-order valence-corrected chi connectivity index (χ3v) is 7.53. The van der Waals surface area contributed by atoms with Gasteiger partial charge < -0.3 is 14.4 Å². The summed E-state index contributed by atoms with van der Waals surface area (Å²) in [7, 11) is 0. The molecule has 0 unspecified atom stereocenters. The van der Waals surface area contributed by atoms with Crippen molar-refractivity contribution in [2.45, 2.75) is 40.5 Å². The minimum Gasteiger partial charge on any atom is -0.360 e. The van der Waals surface area contributed by atoms with Gasteiger partial charge in [0.2, 0.25) is 0 Å². The maximum Gasteiger partial charge on any atom is 0.183 e. The molecule has 0 saturated carbocycles. The lowest BCUT2D eigenvalue weighted by molar-refractivity contribution is 0.0911. The van der Waals surface area contributed by atoms with Gasteiger partial charge in [-0.3, -0.25) is 9.36 Å². The molecule has 0 radical (unpaired) electrons. The number of anilines is 2. The molecule has 202 valence electrons. The fourth-order valence-electron chi connectivity index (χ4n) is 5.38. The first kappa shape index (κ1) is 25.9. The summed E-state index contributed by atoms with van der Waals surface area (Å²) in [5, 5.41) is 12.8. The molecule has 0 saturated heterocycles. The predicted octanol–water partition coefficient (Wildman–Crippen LogP) is 8.46. The third-order valence-electron chi connectivity index (χ3n) is 7.18. The molecule has 0 aliphatic heterocycles. The molecule has 1 aliphatic rings. The van der Waals surface area contributed by atoms with Crippen molar-refractivity contribution in [1.82, 2.24) is 14.9 Å². The van der Waals surface area contributed by atoms with Crippen LogP contribution >= 0.6 is 11.6 Å². The molecule has 0 fully saturated rings. The monoisotopic (exact) mass is 552 g/mol. The van der Waals surface area contributed by atoms with E-state index in [1.54, 1.807) is 0 Å². The summed E-state index contributed by atoms with van der Waals surface area (Å²) in [5.41, 5.74) is 6.01. The van der Waals surface area contributed by atoms with Crippen LogP contribution in [0, 0.1) is 19.3 Å². The van der Waals surface area contributed by atoms with Crippen LogP contribution in [0.4, 0.5) is 11.4 Å². The summed E-state index contributed by atoms with van der Waals surface area (Å²) in [6, 6.07) is 19.5. The van der Waals surface area contributed by atoms with E-state index in [4.69, 9.17) is 20.6 Å². The molecule has 0 atom stereocenters. The van der Waals surface area contributed by atoms with E-state index >= 15 is 0 Å². The Labute approximate surface area is 237 Å². The lowest BCUT2D eigenvalue weighted by Gasteiger charge is -2.29. The maximum atomic E-state index is 13.8. The summed E-state index contributed by atoms with van der Waals surface area (Å²) in [6.07, 6.45) is 4.86. The SMILES string of the molecule is Cc1cc(-n2c3c(c(Nc4c(C)noc4/C=C/c4ccccc4Cl)c2-c2ccccc2)C(=O)CC(C)(C)C3)no1. The maximum absolute atomic E-state index is 13.8. The zero-order valence-electron chi connectivity index (χ0n) is 22.8. The van der Waals surface area contributed by atoms with Crippen LogP contribution in [0.25, 0.3) is 29.2 Å². The van der Waals surface area contributed by atoms with Crippen molar-refractivity contribution in [2.24, 2.45) is 5.41 Å². The largest absolute Gasteiger partial charge is 0.360 e. The third kappa shape index (κ3) is 4.67. The van der Waals surface area contributed by atoms with Gasteiger partial charge in [0.15, 0.2) is 17.4 Å². The van der Waals surface area contributed by atoms with Crippen LogP contribution in [-0.2, 0) is 6.42 Å². The van der Waals surface area contributed by atoms with E-state index in [0.29, 0.717) is 57.8 Å².